The molecular weight excluding hydrogens is 410 g/mol. The van der Waals surface area contributed by atoms with Gasteiger partial charge >= 0.3 is 0 Å². The minimum atomic E-state index is -0.145. The Balaban J connectivity index is 1.68. The average Bonchev–Trinajstić information content (AvgIpc) is 2.66. The smallest absolute Gasteiger partial charge is 0.252 e. The first-order valence-corrected chi connectivity index (χ1v) is 9.28. The Hall–Kier alpha value is -2.51. The van der Waals surface area contributed by atoms with E-state index in [1.807, 2.05) is 31.2 Å². The number of aromatic nitrogens is 2. The van der Waals surface area contributed by atoms with Crippen molar-refractivity contribution in [3.05, 3.63) is 63.9 Å². The number of methoxy groups -OCH3 is 1. The van der Waals surface area contributed by atoms with Crippen molar-refractivity contribution in [1.29, 1.82) is 0 Å². The van der Waals surface area contributed by atoms with Gasteiger partial charge in [-0.2, -0.15) is 0 Å². The molecule has 0 unspecified atom stereocenters. The first-order valence-electron chi connectivity index (χ1n) is 8.48. The van der Waals surface area contributed by atoms with E-state index in [0.29, 0.717) is 31.2 Å². The molecule has 0 atom stereocenters. The molecule has 0 bridgehead atoms. The minimum absolute atomic E-state index is 0.145. The summed E-state index contributed by atoms with van der Waals surface area (Å²) in [6.45, 7) is 3.21. The first kappa shape index (κ1) is 19.3. The summed E-state index contributed by atoms with van der Waals surface area (Å²) in [6.07, 6.45) is 1.69. The topological polar surface area (TPSA) is 73.3 Å². The molecule has 0 saturated carbocycles. The van der Waals surface area contributed by atoms with E-state index in [-0.39, 0.29) is 5.91 Å². The fourth-order valence-corrected chi connectivity index (χ4v) is 2.98. The van der Waals surface area contributed by atoms with Crippen molar-refractivity contribution < 1.29 is 14.3 Å². The number of carbonyl (C=O) groups excluding carboxylic acids is 1. The Morgan fingerprint density at radius 1 is 1.19 bits per heavy atom. The largest absolute Gasteiger partial charge is 0.475 e. The van der Waals surface area contributed by atoms with Gasteiger partial charge in [0.1, 0.15) is 6.61 Å². The van der Waals surface area contributed by atoms with Crippen LogP contribution in [0.1, 0.15) is 21.6 Å². The van der Waals surface area contributed by atoms with Crippen molar-refractivity contribution in [2.45, 2.75) is 13.5 Å². The summed E-state index contributed by atoms with van der Waals surface area (Å²) in [5.41, 5.74) is 3.08. The zero-order valence-electron chi connectivity index (χ0n) is 15.2. The van der Waals surface area contributed by atoms with Gasteiger partial charge in [0, 0.05) is 41.5 Å². The number of benzene rings is 1. The van der Waals surface area contributed by atoms with Crippen molar-refractivity contribution >= 4 is 32.7 Å². The van der Waals surface area contributed by atoms with Gasteiger partial charge in [-0.15, -0.1) is 0 Å². The second kappa shape index (κ2) is 8.92. The van der Waals surface area contributed by atoms with E-state index in [4.69, 9.17) is 9.47 Å². The van der Waals surface area contributed by atoms with E-state index in [0.717, 1.165) is 26.6 Å². The van der Waals surface area contributed by atoms with Crippen molar-refractivity contribution in [3.8, 4) is 5.88 Å². The quantitative estimate of drug-likeness (QED) is 0.580. The summed E-state index contributed by atoms with van der Waals surface area (Å²) in [5.74, 6) is 0.386. The van der Waals surface area contributed by atoms with Crippen LogP contribution in [-0.4, -0.2) is 36.2 Å². The average molecular weight is 430 g/mol. The first-order chi connectivity index (χ1) is 13.1. The fraction of sp³-hybridized carbons (Fsp3) is 0.250. The van der Waals surface area contributed by atoms with Crippen LogP contribution in [-0.2, 0) is 11.3 Å². The fourth-order valence-electron chi connectivity index (χ4n) is 2.63. The molecule has 0 saturated heterocycles. The minimum Gasteiger partial charge on any atom is -0.475 e. The molecule has 2 aromatic heterocycles. The zero-order valence-corrected chi connectivity index (χ0v) is 16.7. The summed E-state index contributed by atoms with van der Waals surface area (Å²) in [6, 6.07) is 11.2. The van der Waals surface area contributed by atoms with Gasteiger partial charge in [0.05, 0.1) is 17.7 Å². The molecule has 0 radical (unpaired) electrons. The van der Waals surface area contributed by atoms with Crippen LogP contribution in [0, 0.1) is 6.92 Å². The predicted molar refractivity (Wildman–Crippen MR) is 107 cm³/mol. The number of nitrogens with zero attached hydrogens (tertiary/aromatic N) is 2. The van der Waals surface area contributed by atoms with Gasteiger partial charge in [-0.3, -0.25) is 9.78 Å². The van der Waals surface area contributed by atoms with Gasteiger partial charge in [0.2, 0.25) is 5.88 Å². The molecule has 0 aliphatic rings. The van der Waals surface area contributed by atoms with Crippen molar-refractivity contribution in [1.82, 2.24) is 15.3 Å². The van der Waals surface area contributed by atoms with Crippen molar-refractivity contribution in [2.24, 2.45) is 0 Å². The zero-order chi connectivity index (χ0) is 19.2. The maximum absolute atomic E-state index is 12.7. The number of halogens is 1. The number of amides is 1. The van der Waals surface area contributed by atoms with Gasteiger partial charge in [-0.25, -0.2) is 4.98 Å². The van der Waals surface area contributed by atoms with Gasteiger partial charge < -0.3 is 14.8 Å². The Morgan fingerprint density at radius 2 is 2.04 bits per heavy atom. The molecule has 140 valence electrons. The van der Waals surface area contributed by atoms with E-state index < -0.39 is 0 Å². The lowest BCUT2D eigenvalue weighted by molar-refractivity contribution is 0.0952. The Bertz CT molecular complexity index is 940. The number of hydrogen-bond acceptors (Lipinski definition) is 5. The van der Waals surface area contributed by atoms with Crippen LogP contribution >= 0.6 is 15.9 Å². The van der Waals surface area contributed by atoms with E-state index in [1.165, 1.54) is 0 Å². The summed E-state index contributed by atoms with van der Waals surface area (Å²) in [4.78, 5) is 21.4. The van der Waals surface area contributed by atoms with Crippen LogP contribution in [0.3, 0.4) is 0 Å². The molecule has 27 heavy (non-hydrogen) atoms. The number of rotatable bonds is 7. The van der Waals surface area contributed by atoms with Crippen molar-refractivity contribution in [2.75, 3.05) is 20.3 Å². The number of pyridine rings is 2. The monoisotopic (exact) mass is 429 g/mol. The second-order valence-electron chi connectivity index (χ2n) is 6.00. The number of aryl methyl sites for hydroxylation is 1. The van der Waals surface area contributed by atoms with Crippen molar-refractivity contribution in [3.63, 3.8) is 0 Å². The van der Waals surface area contributed by atoms with Gasteiger partial charge in [0.25, 0.3) is 5.91 Å². The number of nitrogens with one attached hydrogen (secondary N) is 1. The van der Waals surface area contributed by atoms with Gasteiger partial charge in [-0.05, 0) is 30.7 Å². The van der Waals surface area contributed by atoms with E-state index in [1.54, 1.807) is 25.4 Å². The third-order valence-electron chi connectivity index (χ3n) is 3.93. The Kier molecular flexibility index (Phi) is 6.36. The Morgan fingerprint density at radius 3 is 2.78 bits per heavy atom. The van der Waals surface area contributed by atoms with Crippen LogP contribution in [0.4, 0.5) is 0 Å². The number of carbonyl (C=O) groups is 1. The summed E-state index contributed by atoms with van der Waals surface area (Å²) in [5, 5.41) is 3.76. The molecule has 3 rings (SSSR count). The van der Waals surface area contributed by atoms with E-state index >= 15 is 0 Å². The normalized spacial score (nSPS) is 10.8. The molecule has 6 nitrogen and oxygen atoms in total. The molecule has 0 aliphatic carbocycles. The second-order valence-corrected chi connectivity index (χ2v) is 6.92. The highest BCUT2D eigenvalue weighted by Crippen LogP contribution is 2.22. The maximum atomic E-state index is 12.7. The molecule has 3 aromatic rings. The molecule has 0 aliphatic heterocycles. The van der Waals surface area contributed by atoms with Gasteiger partial charge in [-0.1, -0.05) is 28.1 Å². The van der Waals surface area contributed by atoms with E-state index in [2.05, 4.69) is 31.2 Å². The van der Waals surface area contributed by atoms with Crippen LogP contribution in [0.2, 0.25) is 0 Å². The standard InChI is InChI=1S/C20H20BrN3O3/c1-13-9-17(16-5-4-15(21)10-18(16)24-13)20(25)23-12-14-3-6-19(22-11-14)27-8-7-26-2/h3-6,9-11H,7-8,12H2,1-2H3,(H,23,25). The lowest BCUT2D eigenvalue weighted by Crippen LogP contribution is -2.23. The molecule has 1 aromatic carbocycles. The van der Waals surface area contributed by atoms with Crippen LogP contribution in [0.5, 0.6) is 5.88 Å². The molecule has 0 fully saturated rings. The number of hydrogen-bond donors (Lipinski definition) is 1. The molecule has 7 heteroatoms. The highest BCUT2D eigenvalue weighted by atomic mass is 79.9. The molecule has 0 spiro atoms. The predicted octanol–water partition coefficient (Wildman–Crippen LogP) is 3.66. The highest BCUT2D eigenvalue weighted by Gasteiger charge is 2.12. The molecular formula is C20H20BrN3O3. The number of ether oxygens (including phenoxy) is 2. The van der Waals surface area contributed by atoms with Crippen LogP contribution in [0.25, 0.3) is 10.9 Å². The lowest BCUT2D eigenvalue weighted by Gasteiger charge is -2.10. The van der Waals surface area contributed by atoms with Crippen LogP contribution in [0.15, 0.2) is 47.1 Å². The third kappa shape index (κ3) is 5.02. The highest BCUT2D eigenvalue weighted by molar-refractivity contribution is 9.10. The SMILES string of the molecule is COCCOc1ccc(CNC(=O)c2cc(C)nc3cc(Br)ccc23)cn1. The lowest BCUT2D eigenvalue weighted by atomic mass is 10.1. The summed E-state index contributed by atoms with van der Waals surface area (Å²) in [7, 11) is 1.62. The Labute approximate surface area is 166 Å². The summed E-state index contributed by atoms with van der Waals surface area (Å²) >= 11 is 3.44. The summed E-state index contributed by atoms with van der Waals surface area (Å²) < 4.78 is 11.3. The van der Waals surface area contributed by atoms with E-state index in [9.17, 15) is 4.79 Å². The molecule has 1 N–H and O–H groups in total. The van der Waals surface area contributed by atoms with Gasteiger partial charge in [0.15, 0.2) is 0 Å². The maximum Gasteiger partial charge on any atom is 0.252 e. The number of fused-ring (bicyclic) bond motifs is 1. The third-order valence-corrected chi connectivity index (χ3v) is 4.43. The van der Waals surface area contributed by atoms with Crippen LogP contribution < -0.4 is 10.1 Å². The molecule has 2 heterocycles. The molecule has 1 amide bonds.